The Morgan fingerprint density at radius 1 is 0.724 bits per heavy atom. The molecule has 0 amide bonds. The topological polar surface area (TPSA) is 126 Å². The lowest BCUT2D eigenvalue weighted by Crippen LogP contribution is -2.11. The first-order chi connectivity index (χ1) is 13.8. The van der Waals surface area contributed by atoms with Crippen molar-refractivity contribution in [3.63, 3.8) is 0 Å². The maximum absolute atomic E-state index is 13.3. The van der Waals surface area contributed by atoms with Crippen molar-refractivity contribution in [2.24, 2.45) is 0 Å². The Labute approximate surface area is 171 Å². The number of hydrogen-bond donors (Lipinski definition) is 2. The van der Waals surface area contributed by atoms with Gasteiger partial charge >= 0.3 is 0 Å². The zero-order valence-corrected chi connectivity index (χ0v) is 17.0. The van der Waals surface area contributed by atoms with E-state index in [1.54, 1.807) is 30.3 Å². The summed E-state index contributed by atoms with van der Waals surface area (Å²) in [6, 6.07) is 14.2. The minimum Gasteiger partial charge on any atom is -0.267 e. The Kier molecular flexibility index (Phi) is 4.77. The van der Waals surface area contributed by atoms with Gasteiger partial charge in [-0.05, 0) is 29.8 Å². The van der Waals surface area contributed by atoms with E-state index in [-0.39, 0.29) is 9.92 Å². The smallest absolute Gasteiger partial charge is 0.228 e. The molecule has 0 fully saturated rings. The lowest BCUT2D eigenvalue weighted by atomic mass is 10.1. The van der Waals surface area contributed by atoms with Crippen molar-refractivity contribution in [2.75, 3.05) is 0 Å². The molecule has 2 N–H and O–H groups in total. The summed E-state index contributed by atoms with van der Waals surface area (Å²) in [5, 5.41) is 11.9. The van der Waals surface area contributed by atoms with Crippen molar-refractivity contribution in [3.05, 3.63) is 72.0 Å². The van der Waals surface area contributed by atoms with E-state index in [9.17, 15) is 16.8 Å². The van der Waals surface area contributed by atoms with Gasteiger partial charge in [0.25, 0.3) is 0 Å². The summed E-state index contributed by atoms with van der Waals surface area (Å²) >= 11 is 5.81. The minimum absolute atomic E-state index is 0.115. The maximum Gasteiger partial charge on any atom is 0.228 e. The first-order valence-corrected chi connectivity index (χ1v) is 11.5. The first kappa shape index (κ1) is 19.4. The van der Waals surface area contributed by atoms with Crippen LogP contribution in [0.25, 0.3) is 11.1 Å². The van der Waals surface area contributed by atoms with Crippen molar-refractivity contribution in [3.8, 4) is 11.1 Å². The van der Waals surface area contributed by atoms with Crippen LogP contribution in [0, 0.1) is 0 Å². The van der Waals surface area contributed by atoms with E-state index in [0.29, 0.717) is 16.1 Å². The molecule has 0 spiro atoms. The normalized spacial score (nSPS) is 12.2. The monoisotopic (exact) mass is 448 g/mol. The molecule has 2 aromatic carbocycles. The van der Waals surface area contributed by atoms with E-state index in [0.717, 1.165) is 6.20 Å². The lowest BCUT2D eigenvalue weighted by molar-refractivity contribution is 0.578. The van der Waals surface area contributed by atoms with Gasteiger partial charge in [-0.3, -0.25) is 10.2 Å². The summed E-state index contributed by atoms with van der Waals surface area (Å²) in [5.74, 6) is 0. The molecule has 148 valence electrons. The van der Waals surface area contributed by atoms with Crippen LogP contribution >= 0.6 is 11.6 Å². The van der Waals surface area contributed by atoms with Crippen molar-refractivity contribution < 1.29 is 16.8 Å². The van der Waals surface area contributed by atoms with Crippen molar-refractivity contribution in [1.82, 2.24) is 20.4 Å². The third kappa shape index (κ3) is 3.35. The summed E-state index contributed by atoms with van der Waals surface area (Å²) in [6.07, 6.45) is 2.34. The highest BCUT2D eigenvalue weighted by atomic mass is 35.5. The highest BCUT2D eigenvalue weighted by Gasteiger charge is 2.34. The Morgan fingerprint density at radius 2 is 1.34 bits per heavy atom. The predicted octanol–water partition coefficient (Wildman–Crippen LogP) is 3.12. The average molecular weight is 449 g/mol. The number of nitrogens with zero attached hydrogens (tertiary/aromatic N) is 2. The Morgan fingerprint density at radius 3 is 2.03 bits per heavy atom. The van der Waals surface area contributed by atoms with Gasteiger partial charge in [-0.2, -0.15) is 10.2 Å². The van der Waals surface area contributed by atoms with Crippen LogP contribution < -0.4 is 0 Å². The molecule has 4 aromatic rings. The predicted molar refractivity (Wildman–Crippen MR) is 105 cm³/mol. The number of aromatic nitrogens is 4. The number of hydrogen-bond acceptors (Lipinski definition) is 6. The van der Waals surface area contributed by atoms with Gasteiger partial charge in [-0.15, -0.1) is 0 Å². The van der Waals surface area contributed by atoms with Gasteiger partial charge in [0, 0.05) is 10.6 Å². The quantitative estimate of drug-likeness (QED) is 0.483. The van der Waals surface area contributed by atoms with Crippen molar-refractivity contribution >= 4 is 31.3 Å². The molecular weight excluding hydrogens is 436 g/mol. The van der Waals surface area contributed by atoms with Crippen LogP contribution in [0.1, 0.15) is 0 Å². The molecule has 0 aliphatic rings. The molecule has 0 aliphatic carbocycles. The molecule has 0 radical (unpaired) electrons. The summed E-state index contributed by atoms with van der Waals surface area (Å²) in [7, 11) is -8.46. The molecule has 29 heavy (non-hydrogen) atoms. The third-order valence-electron chi connectivity index (χ3n) is 4.21. The average Bonchev–Trinajstić information content (AvgIpc) is 3.40. The molecule has 0 saturated heterocycles. The first-order valence-electron chi connectivity index (χ1n) is 8.20. The largest absolute Gasteiger partial charge is 0.267 e. The highest BCUT2D eigenvalue weighted by Crippen LogP contribution is 2.33. The van der Waals surface area contributed by atoms with Gasteiger partial charge < -0.3 is 0 Å². The van der Waals surface area contributed by atoms with Crippen LogP contribution in [0.4, 0.5) is 0 Å². The fourth-order valence-corrected chi connectivity index (χ4v) is 6.13. The summed E-state index contributed by atoms with van der Waals surface area (Å²) in [5.41, 5.74) is 0.937. The van der Waals surface area contributed by atoms with Crippen LogP contribution in [0.3, 0.4) is 0 Å². The van der Waals surface area contributed by atoms with Gasteiger partial charge in [0.1, 0.15) is 4.90 Å². The van der Waals surface area contributed by atoms with E-state index in [4.69, 9.17) is 11.6 Å². The van der Waals surface area contributed by atoms with E-state index in [1.807, 2.05) is 0 Å². The lowest BCUT2D eigenvalue weighted by Gasteiger charge is -2.07. The molecule has 4 rings (SSSR count). The number of H-pyrrole nitrogens is 2. The zero-order chi connectivity index (χ0) is 20.6. The van der Waals surface area contributed by atoms with Crippen LogP contribution in [-0.4, -0.2) is 37.2 Å². The molecule has 0 atom stereocenters. The van der Waals surface area contributed by atoms with E-state index in [2.05, 4.69) is 20.4 Å². The zero-order valence-electron chi connectivity index (χ0n) is 14.6. The van der Waals surface area contributed by atoms with Crippen LogP contribution in [0.2, 0.25) is 5.02 Å². The Bertz CT molecular complexity index is 1380. The highest BCUT2D eigenvalue weighted by molar-refractivity contribution is 7.94. The number of rotatable bonds is 5. The number of sulfone groups is 2. The van der Waals surface area contributed by atoms with Crippen LogP contribution in [-0.2, 0) is 19.7 Å². The number of benzene rings is 2. The van der Waals surface area contributed by atoms with Gasteiger partial charge in [-0.25, -0.2) is 16.8 Å². The maximum atomic E-state index is 13.3. The van der Waals surface area contributed by atoms with Gasteiger partial charge in [0.2, 0.25) is 19.7 Å². The summed E-state index contributed by atoms with van der Waals surface area (Å²) in [4.78, 5) is -0.593. The standard InChI is InChI=1S/C18H13ClN4O4S2/c19-13-6-8-14(9-7-13)28(24,25)18-16(11-21-23-18)29(26,27)17-15(10-20-22-17)12-4-2-1-3-5-12/h1-11H,(H,20,22)(H,21,23). The molecule has 0 aliphatic heterocycles. The van der Waals surface area contributed by atoms with E-state index in [1.165, 1.54) is 30.5 Å². The fourth-order valence-electron chi connectivity index (χ4n) is 2.79. The van der Waals surface area contributed by atoms with Gasteiger partial charge in [0.15, 0.2) is 10.1 Å². The Balaban J connectivity index is 1.86. The second-order valence-corrected chi connectivity index (χ2v) is 10.2. The molecule has 11 heteroatoms. The fraction of sp³-hybridized carbons (Fsp3) is 0. The Hall–Kier alpha value is -2.95. The molecule has 8 nitrogen and oxygen atoms in total. The minimum atomic E-state index is -4.28. The second-order valence-electron chi connectivity index (χ2n) is 6.00. The number of halogens is 1. The molecule has 0 bridgehead atoms. The summed E-state index contributed by atoms with van der Waals surface area (Å²) < 4.78 is 52.6. The van der Waals surface area contributed by atoms with E-state index >= 15 is 0 Å². The third-order valence-corrected chi connectivity index (χ3v) is 8.07. The molecular formula is C18H13ClN4O4S2. The molecule has 0 unspecified atom stereocenters. The van der Waals surface area contributed by atoms with Gasteiger partial charge in [-0.1, -0.05) is 41.9 Å². The van der Waals surface area contributed by atoms with Gasteiger partial charge in [0.05, 0.1) is 17.3 Å². The second kappa shape index (κ2) is 7.14. The number of nitrogens with one attached hydrogen (secondary N) is 2. The molecule has 2 heterocycles. The van der Waals surface area contributed by atoms with Crippen LogP contribution in [0.5, 0.6) is 0 Å². The molecule has 2 aromatic heterocycles. The SMILES string of the molecule is O=S(=O)(c1ccc(Cl)cc1)c1[nH]ncc1S(=O)(=O)c1[nH]ncc1-c1ccccc1. The number of aromatic amines is 2. The van der Waals surface area contributed by atoms with Crippen LogP contribution in [0.15, 0.2) is 86.8 Å². The van der Waals surface area contributed by atoms with Crippen molar-refractivity contribution in [2.45, 2.75) is 19.8 Å². The van der Waals surface area contributed by atoms with E-state index < -0.39 is 29.6 Å². The molecule has 0 saturated carbocycles. The summed E-state index contributed by atoms with van der Waals surface area (Å²) in [6.45, 7) is 0. The van der Waals surface area contributed by atoms with Crippen molar-refractivity contribution in [1.29, 1.82) is 0 Å².